The van der Waals surface area contributed by atoms with Crippen LogP contribution in [0, 0.1) is 0 Å². The first kappa shape index (κ1) is 10.4. The van der Waals surface area contributed by atoms with Crippen molar-refractivity contribution in [1.29, 1.82) is 0 Å². The summed E-state index contributed by atoms with van der Waals surface area (Å²) >= 11 is 0. The van der Waals surface area contributed by atoms with Gasteiger partial charge in [0.2, 0.25) is 5.65 Å². The number of alkyl halides is 2. The first-order chi connectivity index (χ1) is 7.49. The number of nitrogens with zero attached hydrogens (tertiary/aromatic N) is 3. The average Bonchev–Trinajstić information content (AvgIpc) is 2.63. The third-order valence-corrected chi connectivity index (χ3v) is 1.97. The highest BCUT2D eigenvalue weighted by molar-refractivity contribution is 5.76. The van der Waals surface area contributed by atoms with Gasteiger partial charge < -0.3 is 5.11 Å². The predicted octanol–water partition coefficient (Wildman–Crippen LogP) is 0.615. The predicted molar refractivity (Wildman–Crippen MR) is 48.0 cm³/mol. The first-order valence-electron chi connectivity index (χ1n) is 4.26. The summed E-state index contributed by atoms with van der Waals surface area (Å²) in [6, 6.07) is 1.32. The zero-order valence-electron chi connectivity index (χ0n) is 7.81. The Morgan fingerprint density at radius 2 is 2.25 bits per heavy atom. The number of nitrogens with one attached hydrogen (secondary N) is 1. The average molecular weight is 228 g/mol. The molecule has 0 spiro atoms. The zero-order valence-corrected chi connectivity index (χ0v) is 7.81. The van der Waals surface area contributed by atoms with Crippen molar-refractivity contribution >= 4 is 17.1 Å². The van der Waals surface area contributed by atoms with Crippen molar-refractivity contribution in [2.75, 3.05) is 0 Å². The second kappa shape index (κ2) is 3.47. The molecule has 2 aromatic rings. The van der Waals surface area contributed by atoms with E-state index < -0.39 is 18.3 Å². The molecule has 0 fully saturated rings. The second-order valence-corrected chi connectivity index (χ2v) is 3.20. The fourth-order valence-electron chi connectivity index (χ4n) is 1.21. The minimum atomic E-state index is -3.81. The van der Waals surface area contributed by atoms with Crippen LogP contribution in [0.3, 0.4) is 0 Å². The number of H-pyrrole nitrogens is 1. The summed E-state index contributed by atoms with van der Waals surface area (Å²) in [5.41, 5.74) is 0.704. The number of hydrogen-bond acceptors (Lipinski definition) is 4. The highest BCUT2D eigenvalue weighted by atomic mass is 19.3. The Morgan fingerprint density at radius 3 is 2.94 bits per heavy atom. The first-order valence-corrected chi connectivity index (χ1v) is 4.26. The van der Waals surface area contributed by atoms with E-state index >= 15 is 0 Å². The lowest BCUT2D eigenvalue weighted by Crippen LogP contribution is -2.30. The number of hydrogen-bond donors (Lipinski definition) is 2. The molecule has 2 N–H and O–H groups in total. The molecule has 2 aromatic heterocycles. The summed E-state index contributed by atoms with van der Waals surface area (Å²) in [6.07, 6.45) is 0.236. The van der Waals surface area contributed by atoms with Crippen LogP contribution in [0.4, 0.5) is 8.78 Å². The van der Waals surface area contributed by atoms with Gasteiger partial charge in [0.05, 0.1) is 0 Å². The molecule has 0 radical (unpaired) electrons. The zero-order chi connectivity index (χ0) is 11.8. The van der Waals surface area contributed by atoms with Gasteiger partial charge in [-0.2, -0.15) is 19.1 Å². The number of aromatic amines is 1. The molecule has 0 aliphatic rings. The van der Waals surface area contributed by atoms with E-state index in [1.54, 1.807) is 0 Å². The molecule has 0 atom stereocenters. The van der Waals surface area contributed by atoms with Gasteiger partial charge in [-0.1, -0.05) is 0 Å². The summed E-state index contributed by atoms with van der Waals surface area (Å²) in [4.78, 5) is 14.0. The molecule has 2 heterocycles. The fraction of sp³-hybridized carbons (Fsp3) is 0.250. The maximum atomic E-state index is 12.9. The minimum Gasteiger partial charge on any atom is -0.477 e. The molecule has 0 unspecified atom stereocenters. The van der Waals surface area contributed by atoms with E-state index in [2.05, 4.69) is 20.4 Å². The van der Waals surface area contributed by atoms with Crippen molar-refractivity contribution in [1.82, 2.24) is 20.4 Å². The van der Waals surface area contributed by atoms with Gasteiger partial charge in [0.25, 0.3) is 0 Å². The lowest BCUT2D eigenvalue weighted by molar-refractivity contribution is -0.164. The SMILES string of the molecule is O=C(O)C(F)(F)Cc1cnc2n[nH]nc2c1. The Labute approximate surface area is 87.3 Å². The summed E-state index contributed by atoms with van der Waals surface area (Å²) in [5.74, 6) is -5.97. The molecule has 0 aliphatic carbocycles. The van der Waals surface area contributed by atoms with E-state index in [-0.39, 0.29) is 5.56 Å². The van der Waals surface area contributed by atoms with Gasteiger partial charge in [0.15, 0.2) is 0 Å². The van der Waals surface area contributed by atoms with Crippen molar-refractivity contribution in [2.24, 2.45) is 0 Å². The minimum absolute atomic E-state index is 0.0915. The molecule has 0 bridgehead atoms. The van der Waals surface area contributed by atoms with Crippen molar-refractivity contribution in [2.45, 2.75) is 12.3 Å². The number of rotatable bonds is 3. The van der Waals surface area contributed by atoms with E-state index in [4.69, 9.17) is 5.11 Å². The van der Waals surface area contributed by atoms with Crippen LogP contribution in [0.25, 0.3) is 11.2 Å². The van der Waals surface area contributed by atoms with E-state index in [0.29, 0.717) is 11.2 Å². The van der Waals surface area contributed by atoms with E-state index in [1.807, 2.05) is 0 Å². The quantitative estimate of drug-likeness (QED) is 0.803. The van der Waals surface area contributed by atoms with Crippen LogP contribution in [0.1, 0.15) is 5.56 Å². The molecule has 6 nitrogen and oxygen atoms in total. The number of aliphatic carboxylic acids is 1. The third-order valence-electron chi connectivity index (χ3n) is 1.97. The van der Waals surface area contributed by atoms with Gasteiger partial charge >= 0.3 is 11.9 Å². The Morgan fingerprint density at radius 1 is 1.50 bits per heavy atom. The monoisotopic (exact) mass is 228 g/mol. The van der Waals surface area contributed by atoms with Crippen LogP contribution < -0.4 is 0 Å². The largest absolute Gasteiger partial charge is 0.477 e. The van der Waals surface area contributed by atoms with Gasteiger partial charge in [-0.25, -0.2) is 9.78 Å². The van der Waals surface area contributed by atoms with Crippen LogP contribution >= 0.6 is 0 Å². The Kier molecular flexibility index (Phi) is 2.26. The number of aromatic nitrogens is 4. The van der Waals surface area contributed by atoms with Gasteiger partial charge in [-0.3, -0.25) is 0 Å². The maximum Gasteiger partial charge on any atom is 0.374 e. The molecule has 0 saturated heterocycles. The molecule has 0 saturated carbocycles. The fourth-order valence-corrected chi connectivity index (χ4v) is 1.21. The highest BCUT2D eigenvalue weighted by Crippen LogP contribution is 2.21. The summed E-state index contributed by atoms with van der Waals surface area (Å²) in [6.45, 7) is 0. The van der Waals surface area contributed by atoms with Gasteiger partial charge in [0.1, 0.15) is 5.52 Å². The topological polar surface area (TPSA) is 91.8 Å². The smallest absolute Gasteiger partial charge is 0.374 e. The van der Waals surface area contributed by atoms with Crippen molar-refractivity contribution in [3.05, 3.63) is 17.8 Å². The number of fused-ring (bicyclic) bond motifs is 1. The number of pyridine rings is 1. The van der Waals surface area contributed by atoms with Crippen LogP contribution in [0.5, 0.6) is 0 Å². The standard InChI is InChI=1S/C8H6F2N4O2/c9-8(10,7(15)16)2-4-1-5-6(11-3-4)13-14-12-5/h1,3H,2H2,(H,15,16)(H,11,12,13,14). The molecule has 84 valence electrons. The van der Waals surface area contributed by atoms with E-state index in [0.717, 1.165) is 6.20 Å². The van der Waals surface area contributed by atoms with E-state index in [9.17, 15) is 13.6 Å². The Hall–Kier alpha value is -2.12. The number of carbonyl (C=O) groups is 1. The Bertz CT molecular complexity index is 540. The molecule has 8 heteroatoms. The summed E-state index contributed by atoms with van der Waals surface area (Å²) in [7, 11) is 0. The van der Waals surface area contributed by atoms with Crippen molar-refractivity contribution in [3.8, 4) is 0 Å². The molecule has 0 aromatic carbocycles. The summed E-state index contributed by atoms with van der Waals surface area (Å²) in [5, 5.41) is 17.9. The number of halogens is 2. The summed E-state index contributed by atoms with van der Waals surface area (Å²) < 4.78 is 25.8. The second-order valence-electron chi connectivity index (χ2n) is 3.20. The molecular weight excluding hydrogens is 222 g/mol. The molecule has 2 rings (SSSR count). The van der Waals surface area contributed by atoms with Crippen LogP contribution in [-0.4, -0.2) is 37.4 Å². The van der Waals surface area contributed by atoms with Crippen molar-refractivity contribution in [3.63, 3.8) is 0 Å². The number of carboxylic acid groups (broad SMARTS) is 1. The van der Waals surface area contributed by atoms with E-state index in [1.165, 1.54) is 6.07 Å². The molecule has 0 amide bonds. The molecular formula is C8H6F2N4O2. The van der Waals surface area contributed by atoms with Crippen LogP contribution in [-0.2, 0) is 11.2 Å². The highest BCUT2D eigenvalue weighted by Gasteiger charge is 2.38. The maximum absolute atomic E-state index is 12.9. The van der Waals surface area contributed by atoms with Gasteiger partial charge in [-0.15, -0.1) is 5.10 Å². The van der Waals surface area contributed by atoms with Crippen LogP contribution in [0.15, 0.2) is 12.3 Å². The van der Waals surface area contributed by atoms with Gasteiger partial charge in [0, 0.05) is 12.6 Å². The van der Waals surface area contributed by atoms with Crippen LogP contribution in [0.2, 0.25) is 0 Å². The lowest BCUT2D eigenvalue weighted by atomic mass is 10.1. The normalized spacial score (nSPS) is 11.9. The van der Waals surface area contributed by atoms with Gasteiger partial charge in [-0.05, 0) is 11.6 Å². The Balaban J connectivity index is 2.30. The number of carboxylic acids is 1. The molecule has 16 heavy (non-hydrogen) atoms. The van der Waals surface area contributed by atoms with Crippen molar-refractivity contribution < 1.29 is 18.7 Å². The lowest BCUT2D eigenvalue weighted by Gasteiger charge is -2.09. The molecule has 0 aliphatic heterocycles. The third kappa shape index (κ3) is 1.81.